The predicted molar refractivity (Wildman–Crippen MR) is 68.8 cm³/mol. The molecule has 1 heterocycles. The van der Waals surface area contributed by atoms with Gasteiger partial charge in [0.05, 0.1) is 24.0 Å². The highest BCUT2D eigenvalue weighted by molar-refractivity contribution is 5.74. The molecule has 0 saturated heterocycles. The summed E-state index contributed by atoms with van der Waals surface area (Å²) >= 11 is 0. The van der Waals surface area contributed by atoms with E-state index in [0.717, 1.165) is 30.6 Å². The summed E-state index contributed by atoms with van der Waals surface area (Å²) in [6.45, 7) is 4.21. The quantitative estimate of drug-likeness (QED) is 0.774. The van der Waals surface area contributed by atoms with Gasteiger partial charge >= 0.3 is 0 Å². The molecule has 4 nitrogen and oxygen atoms in total. The van der Waals surface area contributed by atoms with Gasteiger partial charge in [-0.05, 0) is 18.6 Å². The Morgan fingerprint density at radius 2 is 2.24 bits per heavy atom. The van der Waals surface area contributed by atoms with E-state index in [4.69, 9.17) is 10.5 Å². The van der Waals surface area contributed by atoms with Crippen molar-refractivity contribution in [3.05, 3.63) is 30.6 Å². The van der Waals surface area contributed by atoms with E-state index in [-0.39, 0.29) is 6.04 Å². The number of rotatable bonds is 6. The normalized spacial score (nSPS) is 13.1. The van der Waals surface area contributed by atoms with E-state index in [0.29, 0.717) is 6.61 Å². The molecule has 0 bridgehead atoms. The fraction of sp³-hybridized carbons (Fsp3) is 0.462. The van der Waals surface area contributed by atoms with Gasteiger partial charge in [0.1, 0.15) is 0 Å². The molecule has 1 aromatic carbocycles. The average molecular weight is 233 g/mol. The van der Waals surface area contributed by atoms with Gasteiger partial charge in [-0.15, -0.1) is 0 Å². The zero-order chi connectivity index (χ0) is 12.1. The first-order valence-corrected chi connectivity index (χ1v) is 6.04. The van der Waals surface area contributed by atoms with Crippen molar-refractivity contribution >= 4 is 11.0 Å². The van der Waals surface area contributed by atoms with Gasteiger partial charge in [-0.3, -0.25) is 0 Å². The summed E-state index contributed by atoms with van der Waals surface area (Å²) in [6.07, 6.45) is 2.87. The Bertz CT molecular complexity index is 466. The smallest absolute Gasteiger partial charge is 0.0958 e. The Labute approximate surface area is 101 Å². The van der Waals surface area contributed by atoms with Crippen LogP contribution < -0.4 is 5.73 Å². The number of aromatic nitrogens is 2. The van der Waals surface area contributed by atoms with Crippen LogP contribution in [0.3, 0.4) is 0 Å². The maximum Gasteiger partial charge on any atom is 0.0958 e. The van der Waals surface area contributed by atoms with E-state index in [9.17, 15) is 0 Å². The summed E-state index contributed by atoms with van der Waals surface area (Å²) in [5, 5.41) is 0. The summed E-state index contributed by atoms with van der Waals surface area (Å²) in [6, 6.07) is 8.08. The predicted octanol–water partition coefficient (Wildman–Crippen LogP) is 1.79. The number of hydrogen-bond acceptors (Lipinski definition) is 3. The molecule has 0 saturated carbocycles. The highest BCUT2D eigenvalue weighted by atomic mass is 16.5. The van der Waals surface area contributed by atoms with E-state index in [1.54, 1.807) is 0 Å². The summed E-state index contributed by atoms with van der Waals surface area (Å²) in [5.41, 5.74) is 8.16. The Morgan fingerprint density at radius 3 is 3.06 bits per heavy atom. The molecule has 0 spiro atoms. The molecule has 1 aromatic heterocycles. The third-order valence-corrected chi connectivity index (χ3v) is 2.64. The van der Waals surface area contributed by atoms with E-state index in [2.05, 4.69) is 22.5 Å². The summed E-state index contributed by atoms with van der Waals surface area (Å²) in [5.74, 6) is 0. The standard InChI is InChI=1S/C13H19N3O/c1-2-7-17-9-11(14)8-16-10-15-12-5-3-4-6-13(12)16/h3-6,10-11H,2,7-9,14H2,1H3. The van der Waals surface area contributed by atoms with Crippen LogP contribution in [0, 0.1) is 0 Å². The Kier molecular flexibility index (Phi) is 4.12. The van der Waals surface area contributed by atoms with Crippen molar-refractivity contribution in [1.29, 1.82) is 0 Å². The minimum Gasteiger partial charge on any atom is -0.380 e. The first kappa shape index (κ1) is 12.1. The highest BCUT2D eigenvalue weighted by Gasteiger charge is 2.06. The fourth-order valence-corrected chi connectivity index (χ4v) is 1.84. The van der Waals surface area contributed by atoms with Gasteiger partial charge in [-0.2, -0.15) is 0 Å². The Hall–Kier alpha value is -1.39. The molecule has 17 heavy (non-hydrogen) atoms. The molecule has 4 heteroatoms. The largest absolute Gasteiger partial charge is 0.380 e. The first-order valence-electron chi connectivity index (χ1n) is 6.04. The van der Waals surface area contributed by atoms with Crippen molar-refractivity contribution in [1.82, 2.24) is 9.55 Å². The van der Waals surface area contributed by atoms with Crippen LogP contribution >= 0.6 is 0 Å². The lowest BCUT2D eigenvalue weighted by molar-refractivity contribution is 0.117. The highest BCUT2D eigenvalue weighted by Crippen LogP contribution is 2.11. The maximum absolute atomic E-state index is 6.02. The van der Waals surface area contributed by atoms with Gasteiger partial charge in [-0.25, -0.2) is 4.98 Å². The van der Waals surface area contributed by atoms with Crippen molar-refractivity contribution < 1.29 is 4.74 Å². The second-order valence-corrected chi connectivity index (χ2v) is 4.22. The van der Waals surface area contributed by atoms with Crippen LogP contribution in [0.5, 0.6) is 0 Å². The monoisotopic (exact) mass is 233 g/mol. The van der Waals surface area contributed by atoms with Gasteiger partial charge in [0.2, 0.25) is 0 Å². The molecular weight excluding hydrogens is 214 g/mol. The zero-order valence-electron chi connectivity index (χ0n) is 10.2. The minimum atomic E-state index is 0.0131. The number of imidazole rings is 1. The molecule has 0 fully saturated rings. The van der Waals surface area contributed by atoms with Crippen molar-refractivity contribution in [2.75, 3.05) is 13.2 Å². The molecule has 92 valence electrons. The number of fused-ring (bicyclic) bond motifs is 1. The van der Waals surface area contributed by atoms with Crippen LogP contribution in [0.2, 0.25) is 0 Å². The molecule has 0 amide bonds. The van der Waals surface area contributed by atoms with Crippen LogP contribution in [0.15, 0.2) is 30.6 Å². The van der Waals surface area contributed by atoms with Gasteiger partial charge in [0.25, 0.3) is 0 Å². The van der Waals surface area contributed by atoms with Crippen LogP contribution in [0.25, 0.3) is 11.0 Å². The third-order valence-electron chi connectivity index (χ3n) is 2.64. The van der Waals surface area contributed by atoms with Gasteiger partial charge < -0.3 is 15.0 Å². The SMILES string of the molecule is CCCOCC(N)Cn1cnc2ccccc21. The van der Waals surface area contributed by atoms with Gasteiger partial charge in [0.15, 0.2) is 0 Å². The number of nitrogens with zero attached hydrogens (tertiary/aromatic N) is 2. The number of para-hydroxylation sites is 2. The molecule has 1 atom stereocenters. The van der Waals surface area contributed by atoms with Gasteiger partial charge in [0, 0.05) is 19.2 Å². The fourth-order valence-electron chi connectivity index (χ4n) is 1.84. The van der Waals surface area contributed by atoms with Crippen molar-refractivity contribution in [3.63, 3.8) is 0 Å². The van der Waals surface area contributed by atoms with Crippen LogP contribution in [-0.2, 0) is 11.3 Å². The molecule has 2 aromatic rings. The average Bonchev–Trinajstić information content (AvgIpc) is 2.73. The number of hydrogen-bond donors (Lipinski definition) is 1. The third kappa shape index (κ3) is 3.05. The van der Waals surface area contributed by atoms with E-state index >= 15 is 0 Å². The van der Waals surface area contributed by atoms with Crippen LogP contribution in [0.4, 0.5) is 0 Å². The molecule has 0 radical (unpaired) electrons. The van der Waals surface area contributed by atoms with Crippen molar-refractivity contribution in [3.8, 4) is 0 Å². The maximum atomic E-state index is 6.02. The molecule has 2 rings (SSSR count). The van der Waals surface area contributed by atoms with Crippen molar-refractivity contribution in [2.24, 2.45) is 5.73 Å². The van der Waals surface area contributed by atoms with E-state index < -0.39 is 0 Å². The molecule has 0 aliphatic heterocycles. The Balaban J connectivity index is 1.98. The number of benzene rings is 1. The van der Waals surface area contributed by atoms with Crippen LogP contribution in [-0.4, -0.2) is 28.8 Å². The zero-order valence-corrected chi connectivity index (χ0v) is 10.2. The number of nitrogens with two attached hydrogens (primary N) is 1. The van der Waals surface area contributed by atoms with Crippen LogP contribution in [0.1, 0.15) is 13.3 Å². The molecule has 0 aliphatic rings. The molecule has 1 unspecified atom stereocenters. The topological polar surface area (TPSA) is 53.1 Å². The molecular formula is C13H19N3O. The Morgan fingerprint density at radius 1 is 1.41 bits per heavy atom. The number of ether oxygens (including phenoxy) is 1. The molecule has 2 N–H and O–H groups in total. The van der Waals surface area contributed by atoms with E-state index in [1.807, 2.05) is 24.5 Å². The lowest BCUT2D eigenvalue weighted by Crippen LogP contribution is -2.31. The first-order chi connectivity index (χ1) is 8.31. The van der Waals surface area contributed by atoms with Gasteiger partial charge in [-0.1, -0.05) is 19.1 Å². The minimum absolute atomic E-state index is 0.0131. The van der Waals surface area contributed by atoms with E-state index in [1.165, 1.54) is 0 Å². The summed E-state index contributed by atoms with van der Waals surface area (Å²) < 4.78 is 7.53. The second-order valence-electron chi connectivity index (χ2n) is 4.22. The lowest BCUT2D eigenvalue weighted by atomic mass is 10.3. The van der Waals surface area contributed by atoms with Crippen molar-refractivity contribution in [2.45, 2.75) is 25.9 Å². The second kappa shape index (κ2) is 5.80. The molecule has 0 aliphatic carbocycles. The summed E-state index contributed by atoms with van der Waals surface area (Å²) in [4.78, 5) is 4.33. The summed E-state index contributed by atoms with van der Waals surface area (Å²) in [7, 11) is 0. The lowest BCUT2D eigenvalue weighted by Gasteiger charge is -2.13.